The molecule has 32 heavy (non-hydrogen) atoms. The van der Waals surface area contributed by atoms with E-state index in [0.29, 0.717) is 43.2 Å². The van der Waals surface area contributed by atoms with E-state index in [-0.39, 0.29) is 36.0 Å². The fourth-order valence-electron chi connectivity index (χ4n) is 5.15. The normalized spacial score (nSPS) is 30.5. The third kappa shape index (κ3) is 5.57. The average Bonchev–Trinajstić information content (AvgIpc) is 3.30. The molecule has 4 unspecified atom stereocenters. The van der Waals surface area contributed by atoms with E-state index in [1.165, 1.54) is 0 Å². The summed E-state index contributed by atoms with van der Waals surface area (Å²) in [4.78, 5) is 12.5. The van der Waals surface area contributed by atoms with E-state index >= 15 is 0 Å². The zero-order chi connectivity index (χ0) is 23.1. The highest BCUT2D eigenvalue weighted by molar-refractivity contribution is 5.79. The van der Waals surface area contributed by atoms with Gasteiger partial charge >= 0.3 is 12.4 Å². The number of halogens is 6. The van der Waals surface area contributed by atoms with Gasteiger partial charge in [-0.1, -0.05) is 0 Å². The molecule has 3 fully saturated rings. The van der Waals surface area contributed by atoms with Crippen LogP contribution in [0.4, 0.5) is 26.3 Å². The molecule has 0 radical (unpaired) electrons. The quantitative estimate of drug-likeness (QED) is 0.615. The highest BCUT2D eigenvalue weighted by Crippen LogP contribution is 2.37. The number of hydrogen-bond acceptors (Lipinski definition) is 3. The van der Waals surface area contributed by atoms with Gasteiger partial charge in [-0.25, -0.2) is 0 Å². The molecule has 1 aromatic carbocycles. The Kier molecular flexibility index (Phi) is 6.46. The summed E-state index contributed by atoms with van der Waals surface area (Å²) in [5.74, 6) is -0.649. The third-order valence-electron chi connectivity index (χ3n) is 6.68. The molecule has 0 aromatic heterocycles. The lowest BCUT2D eigenvalue weighted by molar-refractivity contribution is -0.143. The summed E-state index contributed by atoms with van der Waals surface area (Å²) in [5, 5.41) is 6.14. The number of hydrogen-bond donors (Lipinski definition) is 2. The van der Waals surface area contributed by atoms with Crippen LogP contribution >= 0.6 is 0 Å². The molecule has 4 nitrogen and oxygen atoms in total. The average molecular weight is 464 g/mol. The Morgan fingerprint density at radius 2 is 1.44 bits per heavy atom. The summed E-state index contributed by atoms with van der Waals surface area (Å²) in [5.41, 5.74) is -3.00. The van der Waals surface area contributed by atoms with Gasteiger partial charge in [0.1, 0.15) is 0 Å². The van der Waals surface area contributed by atoms with Crippen molar-refractivity contribution >= 4 is 5.91 Å². The molecule has 1 aromatic rings. The first-order valence-corrected chi connectivity index (χ1v) is 10.9. The summed E-state index contributed by atoms with van der Waals surface area (Å²) in [6.45, 7) is -0.385. The highest BCUT2D eigenvalue weighted by Gasteiger charge is 2.39. The summed E-state index contributed by atoms with van der Waals surface area (Å²) in [7, 11) is 0. The Morgan fingerprint density at radius 1 is 0.844 bits per heavy atom. The van der Waals surface area contributed by atoms with Gasteiger partial charge in [0.05, 0.1) is 23.3 Å². The first-order chi connectivity index (χ1) is 15.0. The molecule has 2 saturated heterocycles. The van der Waals surface area contributed by atoms with Crippen molar-refractivity contribution in [2.24, 2.45) is 5.92 Å². The van der Waals surface area contributed by atoms with Crippen LogP contribution < -0.4 is 10.6 Å². The molecule has 3 aliphatic rings. The Labute approximate surface area is 182 Å². The number of amides is 1. The molecule has 178 valence electrons. The molecule has 2 bridgehead atoms. The van der Waals surface area contributed by atoms with Crippen molar-refractivity contribution in [1.29, 1.82) is 0 Å². The summed E-state index contributed by atoms with van der Waals surface area (Å²) in [6.07, 6.45) is -3.06. The predicted octanol–water partition coefficient (Wildman–Crippen LogP) is 4.81. The lowest BCUT2D eigenvalue weighted by Gasteiger charge is -2.31. The number of nitrogens with one attached hydrogen (secondary N) is 2. The van der Waals surface area contributed by atoms with E-state index in [2.05, 4.69) is 10.6 Å². The minimum Gasteiger partial charge on any atom is -0.375 e. The molecule has 0 spiro atoms. The summed E-state index contributed by atoms with van der Waals surface area (Å²) in [6, 6.07) is 1.92. The molecule has 4 atom stereocenters. The predicted molar refractivity (Wildman–Crippen MR) is 103 cm³/mol. The standard InChI is InChI=1S/C22H26F6N2O2/c23-21(24,25)14-5-12(6-15(8-14)22(26,27)28)11-29-20(31)13-1-2-16(7-13)30-17-9-18-3-4-19(10-17)32-18/h5-6,8,13,16-19,30H,1-4,7,9-11H2,(H,29,31). The Bertz CT molecular complexity index is 796. The van der Waals surface area contributed by atoms with Crippen LogP contribution in [0, 0.1) is 5.92 Å². The fraction of sp³-hybridized carbons (Fsp3) is 0.682. The number of ether oxygens (including phenoxy) is 1. The van der Waals surface area contributed by atoms with Gasteiger partial charge in [0.15, 0.2) is 0 Å². The molecule has 1 aliphatic carbocycles. The fourth-order valence-corrected chi connectivity index (χ4v) is 5.15. The van der Waals surface area contributed by atoms with Gasteiger partial charge in [0, 0.05) is 24.5 Å². The highest BCUT2D eigenvalue weighted by atomic mass is 19.4. The van der Waals surface area contributed by atoms with Gasteiger partial charge in [0.25, 0.3) is 0 Å². The van der Waals surface area contributed by atoms with Crippen molar-refractivity contribution in [2.75, 3.05) is 0 Å². The molecule has 2 N–H and O–H groups in total. The molecule has 2 aliphatic heterocycles. The monoisotopic (exact) mass is 464 g/mol. The minimum atomic E-state index is -4.91. The second-order valence-corrected chi connectivity index (χ2v) is 9.13. The lowest BCUT2D eigenvalue weighted by Crippen LogP contribution is -2.43. The molecule has 4 rings (SSSR count). The SMILES string of the molecule is O=C(NCc1cc(C(F)(F)F)cc(C(F)(F)F)c1)C1CCC(NC2CC3CCC(C2)O3)C1. The topological polar surface area (TPSA) is 50.4 Å². The van der Waals surface area contributed by atoms with Crippen LogP contribution in [0.25, 0.3) is 0 Å². The number of carbonyl (C=O) groups excluding carboxylic acids is 1. The molecular weight excluding hydrogens is 438 g/mol. The van der Waals surface area contributed by atoms with Crippen LogP contribution in [-0.4, -0.2) is 30.2 Å². The van der Waals surface area contributed by atoms with Gasteiger partial charge in [0.2, 0.25) is 5.91 Å². The molecule has 2 heterocycles. The van der Waals surface area contributed by atoms with Crippen LogP contribution in [0.15, 0.2) is 18.2 Å². The molecule has 10 heteroatoms. The zero-order valence-corrected chi connectivity index (χ0v) is 17.4. The van der Waals surface area contributed by atoms with E-state index in [0.717, 1.165) is 32.1 Å². The number of fused-ring (bicyclic) bond motifs is 2. The Hall–Kier alpha value is -1.81. The van der Waals surface area contributed by atoms with Crippen molar-refractivity contribution in [2.45, 2.75) is 88.1 Å². The van der Waals surface area contributed by atoms with Crippen molar-refractivity contribution < 1.29 is 35.9 Å². The van der Waals surface area contributed by atoms with Gasteiger partial charge in [-0.05, 0) is 68.7 Å². The van der Waals surface area contributed by atoms with Crippen LogP contribution in [0.2, 0.25) is 0 Å². The van der Waals surface area contributed by atoms with Gasteiger partial charge in [-0.15, -0.1) is 0 Å². The van der Waals surface area contributed by atoms with E-state index in [1.54, 1.807) is 0 Å². The van der Waals surface area contributed by atoms with Gasteiger partial charge in [-0.2, -0.15) is 26.3 Å². The number of rotatable bonds is 5. The van der Waals surface area contributed by atoms with Crippen LogP contribution in [-0.2, 0) is 28.4 Å². The summed E-state index contributed by atoms with van der Waals surface area (Å²) < 4.78 is 83.8. The third-order valence-corrected chi connectivity index (χ3v) is 6.68. The second kappa shape index (κ2) is 8.85. The van der Waals surface area contributed by atoms with Gasteiger partial charge in [-0.3, -0.25) is 4.79 Å². The van der Waals surface area contributed by atoms with Crippen molar-refractivity contribution in [3.8, 4) is 0 Å². The Balaban J connectivity index is 1.32. The molecule has 1 amide bonds. The largest absolute Gasteiger partial charge is 0.416 e. The molecular formula is C22H26F6N2O2. The first-order valence-electron chi connectivity index (χ1n) is 10.9. The maximum Gasteiger partial charge on any atom is 0.416 e. The van der Waals surface area contributed by atoms with Gasteiger partial charge < -0.3 is 15.4 Å². The number of benzene rings is 1. The second-order valence-electron chi connectivity index (χ2n) is 9.13. The van der Waals surface area contributed by atoms with Crippen LogP contribution in [0.1, 0.15) is 61.6 Å². The maximum atomic E-state index is 13.0. The number of carbonyl (C=O) groups is 1. The summed E-state index contributed by atoms with van der Waals surface area (Å²) >= 11 is 0. The van der Waals surface area contributed by atoms with Crippen molar-refractivity contribution in [3.63, 3.8) is 0 Å². The van der Waals surface area contributed by atoms with Crippen LogP contribution in [0.3, 0.4) is 0 Å². The Morgan fingerprint density at radius 3 is 2.00 bits per heavy atom. The zero-order valence-electron chi connectivity index (χ0n) is 17.4. The smallest absolute Gasteiger partial charge is 0.375 e. The van der Waals surface area contributed by atoms with E-state index < -0.39 is 23.5 Å². The number of alkyl halides is 6. The first kappa shape index (κ1) is 23.4. The minimum absolute atomic E-state index is 0.0844. The molecule has 1 saturated carbocycles. The lowest BCUT2D eigenvalue weighted by atomic mass is 10.0. The van der Waals surface area contributed by atoms with Crippen molar-refractivity contribution in [3.05, 3.63) is 34.9 Å². The van der Waals surface area contributed by atoms with Crippen molar-refractivity contribution in [1.82, 2.24) is 10.6 Å². The van der Waals surface area contributed by atoms with E-state index in [4.69, 9.17) is 4.74 Å². The van der Waals surface area contributed by atoms with E-state index in [1.807, 2.05) is 0 Å². The van der Waals surface area contributed by atoms with E-state index in [9.17, 15) is 31.1 Å². The maximum absolute atomic E-state index is 13.0. The van der Waals surface area contributed by atoms with Crippen LogP contribution in [0.5, 0.6) is 0 Å².